The lowest BCUT2D eigenvalue weighted by atomic mass is 10.1. The maximum Gasteiger partial charge on any atom is 0.349 e. The summed E-state index contributed by atoms with van der Waals surface area (Å²) in [6.45, 7) is 3.19. The molecule has 0 spiro atoms. The van der Waals surface area contributed by atoms with Gasteiger partial charge in [-0.1, -0.05) is 0 Å². The van der Waals surface area contributed by atoms with Crippen molar-refractivity contribution in [3.05, 3.63) is 15.8 Å². The highest BCUT2D eigenvalue weighted by Gasteiger charge is 2.29. The van der Waals surface area contributed by atoms with Gasteiger partial charge in [0.1, 0.15) is 9.77 Å². The quantitative estimate of drug-likeness (QED) is 0.805. The van der Waals surface area contributed by atoms with Crippen LogP contribution in [-0.4, -0.2) is 40.6 Å². The average molecular weight is 318 g/mol. The largest absolute Gasteiger partial charge is 0.465 e. The minimum atomic E-state index is -3.71. The van der Waals surface area contributed by atoms with Crippen LogP contribution in [0.2, 0.25) is 0 Å². The van der Waals surface area contributed by atoms with Gasteiger partial charge in [0.15, 0.2) is 0 Å². The first-order valence-electron chi connectivity index (χ1n) is 6.35. The first-order valence-corrected chi connectivity index (χ1v) is 8.71. The zero-order valence-corrected chi connectivity index (χ0v) is 13.1. The topological polar surface area (TPSA) is 84.5 Å². The Morgan fingerprint density at radius 1 is 1.55 bits per heavy atom. The first kappa shape index (κ1) is 15.4. The third-order valence-electron chi connectivity index (χ3n) is 3.18. The van der Waals surface area contributed by atoms with E-state index >= 15 is 0 Å². The van der Waals surface area contributed by atoms with Crippen molar-refractivity contribution in [3.8, 4) is 0 Å². The summed E-state index contributed by atoms with van der Waals surface area (Å²) in [5, 5.41) is 4.80. The van der Waals surface area contributed by atoms with E-state index in [0.717, 1.165) is 30.7 Å². The van der Waals surface area contributed by atoms with Crippen LogP contribution in [0.25, 0.3) is 0 Å². The van der Waals surface area contributed by atoms with E-state index in [2.05, 4.69) is 14.8 Å². The van der Waals surface area contributed by atoms with Crippen LogP contribution in [-0.2, 0) is 14.8 Å². The lowest BCUT2D eigenvalue weighted by Gasteiger charge is -2.23. The van der Waals surface area contributed by atoms with Crippen molar-refractivity contribution in [2.24, 2.45) is 0 Å². The molecule has 1 aliphatic heterocycles. The van der Waals surface area contributed by atoms with Gasteiger partial charge in [-0.3, -0.25) is 0 Å². The summed E-state index contributed by atoms with van der Waals surface area (Å²) in [5.74, 6) is -0.620. The summed E-state index contributed by atoms with van der Waals surface area (Å²) in [4.78, 5) is 11.8. The molecular weight excluding hydrogens is 300 g/mol. The number of carbonyl (C=O) groups excluding carboxylic acids is 1. The van der Waals surface area contributed by atoms with E-state index in [-0.39, 0.29) is 15.8 Å². The summed E-state index contributed by atoms with van der Waals surface area (Å²) < 4.78 is 32.3. The number of rotatable bonds is 4. The molecule has 1 fully saturated rings. The second kappa shape index (κ2) is 6.21. The summed E-state index contributed by atoms with van der Waals surface area (Å²) in [7, 11) is -2.47. The maximum atomic E-state index is 12.5. The van der Waals surface area contributed by atoms with Crippen LogP contribution in [0.15, 0.2) is 10.3 Å². The number of thiophene rings is 1. The van der Waals surface area contributed by atoms with E-state index in [1.54, 1.807) is 12.3 Å². The molecule has 8 heteroatoms. The molecule has 2 rings (SSSR count). The summed E-state index contributed by atoms with van der Waals surface area (Å²) in [6.07, 6.45) is 1.72. The molecule has 2 N–H and O–H groups in total. The predicted molar refractivity (Wildman–Crippen MR) is 76.6 cm³/mol. The van der Waals surface area contributed by atoms with E-state index in [4.69, 9.17) is 0 Å². The highest BCUT2D eigenvalue weighted by atomic mass is 32.2. The number of methoxy groups -OCH3 is 1. The fourth-order valence-corrected chi connectivity index (χ4v) is 5.21. The van der Waals surface area contributed by atoms with Crippen molar-refractivity contribution in [1.82, 2.24) is 10.0 Å². The molecule has 2 heterocycles. The molecule has 20 heavy (non-hydrogen) atoms. The molecule has 0 aromatic carbocycles. The monoisotopic (exact) mass is 318 g/mol. The van der Waals surface area contributed by atoms with Gasteiger partial charge in [-0.05, 0) is 37.3 Å². The van der Waals surface area contributed by atoms with E-state index in [9.17, 15) is 13.2 Å². The lowest BCUT2D eigenvalue weighted by molar-refractivity contribution is 0.0602. The van der Waals surface area contributed by atoms with Crippen LogP contribution in [0.5, 0.6) is 0 Å². The molecule has 0 aliphatic carbocycles. The molecule has 0 amide bonds. The molecule has 1 aromatic heterocycles. The van der Waals surface area contributed by atoms with Gasteiger partial charge in [0, 0.05) is 12.6 Å². The number of sulfonamides is 1. The Labute approximate surface area is 122 Å². The number of carbonyl (C=O) groups is 1. The number of aryl methyl sites for hydroxylation is 1. The molecule has 1 aromatic rings. The van der Waals surface area contributed by atoms with Gasteiger partial charge in [-0.2, -0.15) is 0 Å². The minimum absolute atomic E-state index is 0.0416. The van der Waals surface area contributed by atoms with Crippen LogP contribution in [0.4, 0.5) is 0 Å². The molecule has 0 radical (unpaired) electrons. The fourth-order valence-electron chi connectivity index (χ4n) is 2.23. The normalized spacial score (nSPS) is 19.8. The number of piperidine rings is 1. The van der Waals surface area contributed by atoms with Crippen molar-refractivity contribution in [3.63, 3.8) is 0 Å². The first-order chi connectivity index (χ1) is 9.45. The van der Waals surface area contributed by atoms with Crippen molar-refractivity contribution >= 4 is 27.3 Å². The van der Waals surface area contributed by atoms with Crippen LogP contribution < -0.4 is 10.0 Å². The van der Waals surface area contributed by atoms with Gasteiger partial charge >= 0.3 is 5.97 Å². The average Bonchev–Trinajstić information content (AvgIpc) is 2.81. The summed E-state index contributed by atoms with van der Waals surface area (Å²) in [6, 6.07) is -0.140. The van der Waals surface area contributed by atoms with E-state index < -0.39 is 16.0 Å². The molecule has 0 saturated carbocycles. The third kappa shape index (κ3) is 3.20. The van der Waals surface area contributed by atoms with Crippen LogP contribution in [0, 0.1) is 6.92 Å². The third-order valence-corrected chi connectivity index (χ3v) is 6.09. The maximum absolute atomic E-state index is 12.5. The molecule has 112 valence electrons. The summed E-state index contributed by atoms with van der Waals surface area (Å²) in [5.41, 5.74) is 0.562. The number of nitrogens with one attached hydrogen (secondary N) is 2. The Balaban J connectivity index is 2.29. The zero-order valence-electron chi connectivity index (χ0n) is 11.4. The predicted octanol–water partition coefficient (Wildman–Crippen LogP) is 0.873. The molecule has 1 atom stereocenters. The van der Waals surface area contributed by atoms with Gasteiger partial charge in [0.25, 0.3) is 0 Å². The Morgan fingerprint density at radius 3 is 2.90 bits per heavy atom. The van der Waals surface area contributed by atoms with Gasteiger partial charge < -0.3 is 10.1 Å². The Bertz CT molecular complexity index is 589. The molecule has 1 aliphatic rings. The van der Waals surface area contributed by atoms with Crippen molar-refractivity contribution in [2.75, 3.05) is 20.2 Å². The molecule has 1 saturated heterocycles. The lowest BCUT2D eigenvalue weighted by Crippen LogP contribution is -2.45. The van der Waals surface area contributed by atoms with Crippen molar-refractivity contribution in [1.29, 1.82) is 0 Å². The number of esters is 1. The Hall–Kier alpha value is -0.960. The van der Waals surface area contributed by atoms with E-state index in [1.165, 1.54) is 7.11 Å². The number of hydrogen-bond donors (Lipinski definition) is 2. The highest BCUT2D eigenvalue weighted by molar-refractivity contribution is 7.89. The van der Waals surface area contributed by atoms with Crippen LogP contribution in [0.3, 0.4) is 0 Å². The van der Waals surface area contributed by atoms with Gasteiger partial charge in [0.2, 0.25) is 10.0 Å². The SMILES string of the molecule is COC(=O)c1scc(C)c1S(=O)(=O)N[C@@H]1CCCNC1. The van der Waals surface area contributed by atoms with Crippen LogP contribution in [0.1, 0.15) is 28.1 Å². The second-order valence-electron chi connectivity index (χ2n) is 4.73. The number of hydrogen-bond acceptors (Lipinski definition) is 6. The van der Waals surface area contributed by atoms with Gasteiger partial charge in [-0.25, -0.2) is 17.9 Å². The Kier molecular flexibility index (Phi) is 4.79. The molecule has 0 bridgehead atoms. The van der Waals surface area contributed by atoms with Crippen LogP contribution >= 0.6 is 11.3 Å². The number of ether oxygens (including phenoxy) is 1. The van der Waals surface area contributed by atoms with E-state index in [1.807, 2.05) is 0 Å². The minimum Gasteiger partial charge on any atom is -0.465 e. The fraction of sp³-hybridized carbons (Fsp3) is 0.583. The van der Waals surface area contributed by atoms with E-state index in [0.29, 0.717) is 12.1 Å². The van der Waals surface area contributed by atoms with Gasteiger partial charge in [0.05, 0.1) is 7.11 Å². The Morgan fingerprint density at radius 2 is 2.30 bits per heavy atom. The standard InChI is InChI=1S/C12H18N2O4S2/c1-8-7-19-10(12(15)18-2)11(8)20(16,17)14-9-4-3-5-13-6-9/h7,9,13-14H,3-6H2,1-2H3/t9-/m1/s1. The van der Waals surface area contributed by atoms with Crippen molar-refractivity contribution in [2.45, 2.75) is 30.7 Å². The van der Waals surface area contributed by atoms with Crippen molar-refractivity contribution < 1.29 is 17.9 Å². The molecule has 6 nitrogen and oxygen atoms in total. The summed E-state index contributed by atoms with van der Waals surface area (Å²) >= 11 is 1.09. The highest BCUT2D eigenvalue weighted by Crippen LogP contribution is 2.27. The molecular formula is C12H18N2O4S2. The second-order valence-corrected chi connectivity index (χ2v) is 7.26. The smallest absolute Gasteiger partial charge is 0.349 e. The van der Waals surface area contributed by atoms with Gasteiger partial charge in [-0.15, -0.1) is 11.3 Å². The molecule has 0 unspecified atom stereocenters. The zero-order chi connectivity index (χ0) is 14.8.